The fraction of sp³-hybridized carbons (Fsp3) is 0.481. The van der Waals surface area contributed by atoms with E-state index >= 15 is 0 Å². The highest BCUT2D eigenvalue weighted by Crippen LogP contribution is 2.34. The van der Waals surface area contributed by atoms with E-state index in [1.165, 1.54) is 25.6 Å². The SMILES string of the molecule is CCNCCCCc1nc(OC)c(NC(=O)c2csc(Oc3cc(C(C)(C)C)ccc3C)n2)c(OC)n1. The number of aryl methyl sites for hydroxylation is 2. The summed E-state index contributed by atoms with van der Waals surface area (Å²) in [6, 6.07) is 6.15. The maximum absolute atomic E-state index is 13.0. The standard InChI is InChI=1S/C27H37N5O4S/c1-8-28-14-10-9-11-21-30-24(34-6)22(25(31-21)35-7)32-23(33)19-16-37-26(29-19)36-20-15-18(27(3,4)5)13-12-17(20)2/h12-13,15-16,28H,8-11,14H2,1-7H3,(H,32,33). The van der Waals surface area contributed by atoms with Gasteiger partial charge >= 0.3 is 0 Å². The van der Waals surface area contributed by atoms with Crippen LogP contribution in [0, 0.1) is 6.92 Å². The Labute approximate surface area is 223 Å². The van der Waals surface area contributed by atoms with Crippen molar-refractivity contribution in [2.45, 2.75) is 59.3 Å². The highest BCUT2D eigenvalue weighted by molar-refractivity contribution is 7.11. The summed E-state index contributed by atoms with van der Waals surface area (Å²) in [6.45, 7) is 12.4. The zero-order valence-electron chi connectivity index (χ0n) is 22.7. The summed E-state index contributed by atoms with van der Waals surface area (Å²) in [4.78, 5) is 26.4. The van der Waals surface area contributed by atoms with Crippen molar-refractivity contribution >= 4 is 22.9 Å². The fourth-order valence-electron chi connectivity index (χ4n) is 3.54. The molecule has 0 atom stereocenters. The first-order valence-corrected chi connectivity index (χ1v) is 13.3. The molecule has 0 radical (unpaired) electrons. The quantitative estimate of drug-likeness (QED) is 0.296. The molecule has 3 rings (SSSR count). The van der Waals surface area contributed by atoms with Crippen LogP contribution in [0.3, 0.4) is 0 Å². The van der Waals surface area contributed by atoms with Gasteiger partial charge in [-0.15, -0.1) is 0 Å². The topological polar surface area (TPSA) is 107 Å². The number of nitrogens with zero attached hydrogens (tertiary/aromatic N) is 3. The number of benzene rings is 1. The Kier molecular flexibility index (Phi) is 9.82. The van der Waals surface area contributed by atoms with Crippen LogP contribution in [-0.4, -0.2) is 48.2 Å². The predicted molar refractivity (Wildman–Crippen MR) is 147 cm³/mol. The predicted octanol–water partition coefficient (Wildman–Crippen LogP) is 5.53. The number of ether oxygens (including phenoxy) is 3. The number of methoxy groups -OCH3 is 2. The van der Waals surface area contributed by atoms with Crippen LogP contribution in [0.15, 0.2) is 23.6 Å². The molecule has 0 spiro atoms. The third kappa shape index (κ3) is 7.62. The maximum Gasteiger partial charge on any atom is 0.279 e. The van der Waals surface area contributed by atoms with E-state index in [0.29, 0.717) is 23.2 Å². The minimum atomic E-state index is -0.440. The summed E-state index contributed by atoms with van der Waals surface area (Å²) in [5.41, 5.74) is 2.60. The van der Waals surface area contributed by atoms with Crippen LogP contribution in [-0.2, 0) is 11.8 Å². The zero-order chi connectivity index (χ0) is 27.0. The van der Waals surface area contributed by atoms with Crippen LogP contribution < -0.4 is 24.8 Å². The molecule has 0 aliphatic carbocycles. The monoisotopic (exact) mass is 527 g/mol. The summed E-state index contributed by atoms with van der Waals surface area (Å²) in [5, 5.41) is 8.11. The molecule has 0 aliphatic heterocycles. The summed E-state index contributed by atoms with van der Waals surface area (Å²) in [6.07, 6.45) is 2.61. The third-order valence-electron chi connectivity index (χ3n) is 5.74. The van der Waals surface area contributed by atoms with Crippen molar-refractivity contribution in [3.8, 4) is 22.7 Å². The number of aromatic nitrogens is 3. The number of nitrogens with one attached hydrogen (secondary N) is 2. The van der Waals surface area contributed by atoms with Crippen LogP contribution in [0.4, 0.5) is 5.69 Å². The van der Waals surface area contributed by atoms with Gasteiger partial charge in [0.05, 0.1) is 14.2 Å². The molecule has 2 N–H and O–H groups in total. The van der Waals surface area contributed by atoms with Gasteiger partial charge in [0, 0.05) is 11.8 Å². The normalized spacial score (nSPS) is 11.3. The number of thiazole rings is 1. The van der Waals surface area contributed by atoms with Gasteiger partial charge in [-0.1, -0.05) is 51.2 Å². The second kappa shape index (κ2) is 12.8. The van der Waals surface area contributed by atoms with E-state index in [9.17, 15) is 4.79 Å². The number of amides is 1. The second-order valence-electron chi connectivity index (χ2n) is 9.63. The summed E-state index contributed by atoms with van der Waals surface area (Å²) >= 11 is 1.25. The number of hydrogen-bond acceptors (Lipinski definition) is 9. The largest absolute Gasteiger partial charge is 0.479 e. The van der Waals surface area contributed by atoms with Gasteiger partial charge in [0.2, 0.25) is 11.8 Å². The molecule has 9 nitrogen and oxygen atoms in total. The first kappa shape index (κ1) is 28.3. The molecule has 0 unspecified atom stereocenters. The average molecular weight is 528 g/mol. The lowest BCUT2D eigenvalue weighted by Crippen LogP contribution is -2.16. The van der Waals surface area contributed by atoms with E-state index in [-0.39, 0.29) is 28.6 Å². The molecule has 0 fully saturated rings. The lowest BCUT2D eigenvalue weighted by atomic mass is 9.86. The number of carbonyl (C=O) groups excluding carboxylic acids is 1. The molecular weight excluding hydrogens is 490 g/mol. The Balaban J connectivity index is 1.73. The molecule has 2 heterocycles. The van der Waals surface area contributed by atoms with Gasteiger partial charge in [0.1, 0.15) is 17.3 Å². The molecule has 1 aromatic carbocycles. The van der Waals surface area contributed by atoms with Gasteiger partial charge in [-0.25, -0.2) is 0 Å². The number of hydrogen-bond donors (Lipinski definition) is 2. The van der Waals surface area contributed by atoms with Crippen LogP contribution in [0.5, 0.6) is 22.7 Å². The Morgan fingerprint density at radius 1 is 1.05 bits per heavy atom. The lowest BCUT2D eigenvalue weighted by molar-refractivity contribution is 0.102. The summed E-state index contributed by atoms with van der Waals surface area (Å²) in [7, 11) is 2.99. The van der Waals surface area contributed by atoms with Gasteiger partial charge in [-0.2, -0.15) is 15.0 Å². The zero-order valence-corrected chi connectivity index (χ0v) is 23.5. The van der Waals surface area contributed by atoms with Crippen LogP contribution in [0.25, 0.3) is 0 Å². The molecule has 2 aromatic heterocycles. The lowest BCUT2D eigenvalue weighted by Gasteiger charge is -2.20. The number of rotatable bonds is 12. The van der Waals surface area contributed by atoms with Crippen LogP contribution in [0.2, 0.25) is 0 Å². The van der Waals surface area contributed by atoms with Gasteiger partial charge in [0.25, 0.3) is 11.1 Å². The van der Waals surface area contributed by atoms with Crippen LogP contribution in [0.1, 0.15) is 68.0 Å². The molecule has 37 heavy (non-hydrogen) atoms. The van der Waals surface area contributed by atoms with Crippen molar-refractivity contribution in [3.63, 3.8) is 0 Å². The maximum atomic E-state index is 13.0. The van der Waals surface area contributed by atoms with Gasteiger partial charge < -0.3 is 24.8 Å². The van der Waals surface area contributed by atoms with Crippen molar-refractivity contribution in [1.29, 1.82) is 0 Å². The summed E-state index contributed by atoms with van der Waals surface area (Å²) in [5.74, 6) is 1.35. The van der Waals surface area contributed by atoms with E-state index in [0.717, 1.165) is 37.1 Å². The number of unbranched alkanes of at least 4 members (excludes halogenated alkanes) is 1. The van der Waals surface area contributed by atoms with Crippen LogP contribution >= 0.6 is 11.3 Å². The number of anilines is 1. The van der Waals surface area contributed by atoms with Gasteiger partial charge in [-0.05, 0) is 55.5 Å². The second-order valence-corrected chi connectivity index (χ2v) is 10.4. The van der Waals surface area contributed by atoms with E-state index in [4.69, 9.17) is 14.2 Å². The highest BCUT2D eigenvalue weighted by Gasteiger charge is 2.22. The van der Waals surface area contributed by atoms with Crippen molar-refractivity contribution in [2.75, 3.05) is 32.6 Å². The van der Waals surface area contributed by atoms with Crippen molar-refractivity contribution in [1.82, 2.24) is 20.3 Å². The van der Waals surface area contributed by atoms with E-state index in [1.54, 1.807) is 5.38 Å². The molecule has 1 amide bonds. The first-order chi connectivity index (χ1) is 17.7. The Bertz CT molecular complexity index is 1180. The average Bonchev–Trinajstić information content (AvgIpc) is 3.33. The Morgan fingerprint density at radius 3 is 2.38 bits per heavy atom. The van der Waals surface area contributed by atoms with Crippen molar-refractivity contribution in [3.05, 3.63) is 46.2 Å². The first-order valence-electron chi connectivity index (χ1n) is 12.4. The molecule has 3 aromatic rings. The molecule has 0 bridgehead atoms. The van der Waals surface area contributed by atoms with Crippen molar-refractivity contribution in [2.24, 2.45) is 0 Å². The number of carbonyl (C=O) groups is 1. The Morgan fingerprint density at radius 2 is 1.76 bits per heavy atom. The summed E-state index contributed by atoms with van der Waals surface area (Å²) < 4.78 is 16.9. The van der Waals surface area contributed by atoms with Gasteiger partial charge in [0.15, 0.2) is 5.69 Å². The van der Waals surface area contributed by atoms with Crippen molar-refractivity contribution < 1.29 is 19.0 Å². The molecule has 200 valence electrons. The minimum Gasteiger partial charge on any atom is -0.479 e. The fourth-order valence-corrected chi connectivity index (χ4v) is 4.20. The van der Waals surface area contributed by atoms with E-state index in [1.807, 2.05) is 19.1 Å². The van der Waals surface area contributed by atoms with E-state index < -0.39 is 5.91 Å². The minimum absolute atomic E-state index is 0.0122. The smallest absolute Gasteiger partial charge is 0.279 e. The molecule has 0 saturated heterocycles. The molecule has 10 heteroatoms. The Hall–Kier alpha value is -3.24. The molecular formula is C27H37N5O4S. The molecule has 0 aliphatic rings. The third-order valence-corrected chi connectivity index (χ3v) is 6.45. The molecule has 0 saturated carbocycles. The van der Waals surface area contributed by atoms with E-state index in [2.05, 4.69) is 59.3 Å². The highest BCUT2D eigenvalue weighted by atomic mass is 32.1. The van der Waals surface area contributed by atoms with Gasteiger partial charge in [-0.3, -0.25) is 4.79 Å².